The molecule has 0 saturated heterocycles. The molecule has 0 aliphatic rings. The Balaban J connectivity index is 2.18. The minimum absolute atomic E-state index is 0.0979. The van der Waals surface area contributed by atoms with Crippen molar-refractivity contribution in [1.29, 1.82) is 0 Å². The van der Waals surface area contributed by atoms with Gasteiger partial charge in [-0.05, 0) is 54.9 Å². The van der Waals surface area contributed by atoms with Crippen LogP contribution in [0.1, 0.15) is 37.0 Å². The van der Waals surface area contributed by atoms with Crippen LogP contribution in [0.2, 0.25) is 0 Å². The molecule has 0 amide bonds. The van der Waals surface area contributed by atoms with Crippen LogP contribution in [0, 0.1) is 12.7 Å². The van der Waals surface area contributed by atoms with Gasteiger partial charge in [0, 0.05) is 6.42 Å². The molecular weight excluding hydrogens is 311 g/mol. The maximum atomic E-state index is 14.1. The van der Waals surface area contributed by atoms with Crippen molar-refractivity contribution in [2.45, 2.75) is 40.2 Å². The molecule has 4 heteroatoms. The van der Waals surface area contributed by atoms with Gasteiger partial charge in [0.25, 0.3) is 0 Å². The van der Waals surface area contributed by atoms with Crippen molar-refractivity contribution in [3.8, 4) is 11.5 Å². The van der Waals surface area contributed by atoms with Gasteiger partial charge in [0.15, 0.2) is 5.05 Å². The fraction of sp³-hybridized carbons (Fsp3) is 0.316. The van der Waals surface area contributed by atoms with Crippen LogP contribution in [0.5, 0.6) is 11.5 Å². The van der Waals surface area contributed by atoms with E-state index >= 15 is 0 Å². The van der Waals surface area contributed by atoms with Crippen molar-refractivity contribution in [2.75, 3.05) is 0 Å². The lowest BCUT2D eigenvalue weighted by Gasteiger charge is -2.14. The van der Waals surface area contributed by atoms with Gasteiger partial charge in [-0.1, -0.05) is 32.0 Å². The third-order valence-corrected chi connectivity index (χ3v) is 3.98. The van der Waals surface area contributed by atoms with Crippen LogP contribution in [0.4, 0.5) is 4.39 Å². The molecule has 2 aromatic carbocycles. The third-order valence-electron chi connectivity index (χ3n) is 3.61. The average Bonchev–Trinajstić information content (AvgIpc) is 2.55. The average molecular weight is 332 g/mol. The van der Waals surface area contributed by atoms with Gasteiger partial charge in [0.05, 0.1) is 5.56 Å². The fourth-order valence-electron chi connectivity index (χ4n) is 2.21. The largest absolute Gasteiger partial charge is 0.488 e. The summed E-state index contributed by atoms with van der Waals surface area (Å²) < 4.78 is 25.5. The SMILES string of the molecule is CCC(=S)Oc1cccc(F)c1COc1ccc(CC)cc1C. The van der Waals surface area contributed by atoms with Gasteiger partial charge in [0.1, 0.15) is 23.9 Å². The molecule has 0 aromatic heterocycles. The van der Waals surface area contributed by atoms with Crippen molar-refractivity contribution in [3.05, 3.63) is 58.9 Å². The van der Waals surface area contributed by atoms with E-state index in [4.69, 9.17) is 21.7 Å². The Morgan fingerprint density at radius 1 is 1.13 bits per heavy atom. The first-order chi connectivity index (χ1) is 11.0. The van der Waals surface area contributed by atoms with Gasteiger partial charge in [-0.2, -0.15) is 0 Å². The Bertz CT molecular complexity index is 698. The van der Waals surface area contributed by atoms with Gasteiger partial charge in [0.2, 0.25) is 0 Å². The fourth-order valence-corrected chi connectivity index (χ4v) is 2.30. The van der Waals surface area contributed by atoms with Crippen LogP contribution >= 0.6 is 12.2 Å². The van der Waals surface area contributed by atoms with E-state index in [1.165, 1.54) is 11.6 Å². The standard InChI is InChI=1S/C19H21FO2S/c1-4-14-9-10-17(13(3)11-14)21-12-15-16(20)7-6-8-18(15)22-19(23)5-2/h6-11H,4-5,12H2,1-3H3. The van der Waals surface area contributed by atoms with Crippen LogP contribution < -0.4 is 9.47 Å². The van der Waals surface area contributed by atoms with Crippen molar-refractivity contribution in [1.82, 2.24) is 0 Å². The zero-order valence-corrected chi connectivity index (χ0v) is 14.5. The lowest BCUT2D eigenvalue weighted by atomic mass is 10.1. The van der Waals surface area contributed by atoms with E-state index in [9.17, 15) is 4.39 Å². The van der Waals surface area contributed by atoms with Crippen molar-refractivity contribution in [3.63, 3.8) is 0 Å². The Morgan fingerprint density at radius 2 is 1.91 bits per heavy atom. The molecule has 23 heavy (non-hydrogen) atoms. The van der Waals surface area contributed by atoms with E-state index in [0.29, 0.717) is 22.8 Å². The molecule has 2 rings (SSSR count). The third kappa shape index (κ3) is 4.52. The van der Waals surface area contributed by atoms with Crippen LogP contribution in [0.3, 0.4) is 0 Å². The Kier molecular flexibility index (Phi) is 6.11. The normalized spacial score (nSPS) is 10.4. The van der Waals surface area contributed by atoms with Crippen molar-refractivity contribution < 1.29 is 13.9 Å². The summed E-state index contributed by atoms with van der Waals surface area (Å²) in [7, 11) is 0. The molecule has 0 heterocycles. The van der Waals surface area contributed by atoms with E-state index in [1.807, 2.05) is 26.0 Å². The summed E-state index contributed by atoms with van der Waals surface area (Å²) in [6, 6.07) is 10.7. The second-order valence-electron chi connectivity index (χ2n) is 5.29. The molecule has 0 N–H and O–H groups in total. The highest BCUT2D eigenvalue weighted by Gasteiger charge is 2.13. The molecule has 0 aliphatic heterocycles. The molecule has 0 unspecified atom stereocenters. The predicted octanol–water partition coefficient (Wildman–Crippen LogP) is 5.39. The summed E-state index contributed by atoms with van der Waals surface area (Å²) in [5.41, 5.74) is 2.66. The van der Waals surface area contributed by atoms with Crippen LogP contribution in [-0.2, 0) is 13.0 Å². The second kappa shape index (κ2) is 8.06. The zero-order valence-electron chi connectivity index (χ0n) is 13.7. The summed E-state index contributed by atoms with van der Waals surface area (Å²) in [5, 5.41) is 0.431. The number of ether oxygens (including phenoxy) is 2. The van der Waals surface area contributed by atoms with Crippen LogP contribution in [0.25, 0.3) is 0 Å². The van der Waals surface area contributed by atoms with E-state index in [0.717, 1.165) is 17.7 Å². The molecule has 0 radical (unpaired) electrons. The Labute approximate surface area is 142 Å². The molecule has 0 fully saturated rings. The quantitative estimate of drug-likeness (QED) is 0.661. The van der Waals surface area contributed by atoms with Gasteiger partial charge >= 0.3 is 0 Å². The summed E-state index contributed by atoms with van der Waals surface area (Å²) in [5.74, 6) is 0.804. The maximum absolute atomic E-state index is 14.1. The molecule has 0 atom stereocenters. The molecule has 2 nitrogen and oxygen atoms in total. The van der Waals surface area contributed by atoms with Gasteiger partial charge < -0.3 is 9.47 Å². The second-order valence-corrected chi connectivity index (χ2v) is 5.74. The van der Waals surface area contributed by atoms with Crippen LogP contribution in [0.15, 0.2) is 36.4 Å². The highest BCUT2D eigenvalue weighted by Crippen LogP contribution is 2.26. The summed E-state index contributed by atoms with van der Waals surface area (Å²) in [6.45, 7) is 6.09. The highest BCUT2D eigenvalue weighted by atomic mass is 32.1. The van der Waals surface area contributed by atoms with E-state index in [2.05, 4.69) is 13.0 Å². The molecule has 122 valence electrons. The van der Waals surface area contributed by atoms with Gasteiger partial charge in [-0.15, -0.1) is 0 Å². The number of benzene rings is 2. The molecule has 2 aromatic rings. The summed E-state index contributed by atoms with van der Waals surface area (Å²) in [4.78, 5) is 0. The molecule has 0 saturated carbocycles. The van der Waals surface area contributed by atoms with Crippen LogP contribution in [-0.4, -0.2) is 5.05 Å². The first-order valence-corrected chi connectivity index (χ1v) is 8.16. The van der Waals surface area contributed by atoms with E-state index < -0.39 is 0 Å². The lowest BCUT2D eigenvalue weighted by molar-refractivity contribution is 0.293. The first-order valence-electron chi connectivity index (χ1n) is 7.75. The number of thiocarbonyl (C=S) groups is 1. The van der Waals surface area contributed by atoms with Crippen molar-refractivity contribution >= 4 is 17.3 Å². The number of rotatable bonds is 6. The maximum Gasteiger partial charge on any atom is 0.167 e. The highest BCUT2D eigenvalue weighted by molar-refractivity contribution is 7.80. The number of aryl methyl sites for hydroxylation is 2. The minimum atomic E-state index is -0.357. The first kappa shape index (κ1) is 17.4. The van der Waals surface area contributed by atoms with E-state index in [-0.39, 0.29) is 12.4 Å². The topological polar surface area (TPSA) is 18.5 Å². The molecule has 0 aliphatic carbocycles. The minimum Gasteiger partial charge on any atom is -0.488 e. The number of hydrogen-bond acceptors (Lipinski definition) is 3. The summed E-state index contributed by atoms with van der Waals surface area (Å²) in [6.07, 6.45) is 1.57. The van der Waals surface area contributed by atoms with Crippen molar-refractivity contribution in [2.24, 2.45) is 0 Å². The summed E-state index contributed by atoms with van der Waals surface area (Å²) >= 11 is 5.08. The Hall–Kier alpha value is -1.94. The molecule has 0 bridgehead atoms. The van der Waals surface area contributed by atoms with E-state index in [1.54, 1.807) is 12.1 Å². The zero-order chi connectivity index (χ0) is 16.8. The molecular formula is C19H21FO2S. The van der Waals surface area contributed by atoms with Gasteiger partial charge in [-0.25, -0.2) is 4.39 Å². The number of halogens is 1. The Morgan fingerprint density at radius 3 is 2.57 bits per heavy atom. The number of hydrogen-bond donors (Lipinski definition) is 0. The molecule has 0 spiro atoms. The monoisotopic (exact) mass is 332 g/mol. The smallest absolute Gasteiger partial charge is 0.167 e. The lowest BCUT2D eigenvalue weighted by Crippen LogP contribution is -2.08. The predicted molar refractivity (Wildman–Crippen MR) is 94.8 cm³/mol. The van der Waals surface area contributed by atoms with Gasteiger partial charge in [-0.3, -0.25) is 0 Å².